The standard InChI is InChI=1S/C16H16F3N3O2/c17-16(18,19)15-21-20-14(24-15)12-6-8-22(9-7-12)10-13(23)11-4-2-1-3-5-11/h1-5,12H,6-10H2. The van der Waals surface area contributed by atoms with Crippen molar-refractivity contribution in [2.45, 2.75) is 24.9 Å². The van der Waals surface area contributed by atoms with Gasteiger partial charge in [0.1, 0.15) is 0 Å². The summed E-state index contributed by atoms with van der Waals surface area (Å²) in [4.78, 5) is 14.2. The molecule has 2 aromatic rings. The Hall–Kier alpha value is -2.22. The molecule has 0 saturated carbocycles. The summed E-state index contributed by atoms with van der Waals surface area (Å²) in [6.45, 7) is 1.51. The summed E-state index contributed by atoms with van der Waals surface area (Å²) < 4.78 is 42.2. The maximum Gasteiger partial charge on any atom is 0.470 e. The van der Waals surface area contributed by atoms with Crippen LogP contribution in [0.5, 0.6) is 0 Å². The normalized spacial score (nSPS) is 17.1. The quantitative estimate of drug-likeness (QED) is 0.801. The minimum Gasteiger partial charge on any atom is -0.417 e. The molecular weight excluding hydrogens is 323 g/mol. The Morgan fingerprint density at radius 3 is 2.42 bits per heavy atom. The van der Waals surface area contributed by atoms with E-state index in [0.717, 1.165) is 0 Å². The molecular formula is C16H16F3N3O2. The summed E-state index contributed by atoms with van der Waals surface area (Å²) in [5.41, 5.74) is 0.659. The Morgan fingerprint density at radius 2 is 1.83 bits per heavy atom. The highest BCUT2D eigenvalue weighted by atomic mass is 19.4. The van der Waals surface area contributed by atoms with Gasteiger partial charge in [-0.25, -0.2) is 0 Å². The van der Waals surface area contributed by atoms with Crippen LogP contribution in [0, 0.1) is 0 Å². The Morgan fingerprint density at radius 1 is 1.17 bits per heavy atom. The summed E-state index contributed by atoms with van der Waals surface area (Å²) in [7, 11) is 0. The summed E-state index contributed by atoms with van der Waals surface area (Å²) in [5.74, 6) is -1.45. The molecule has 5 nitrogen and oxygen atoms in total. The predicted molar refractivity (Wildman–Crippen MR) is 78.5 cm³/mol. The molecule has 1 fully saturated rings. The molecule has 1 aliphatic heterocycles. The van der Waals surface area contributed by atoms with Crippen LogP contribution < -0.4 is 0 Å². The largest absolute Gasteiger partial charge is 0.470 e. The SMILES string of the molecule is O=C(CN1CCC(c2nnc(C(F)(F)F)o2)CC1)c1ccccc1. The lowest BCUT2D eigenvalue weighted by molar-refractivity contribution is -0.157. The second-order valence-corrected chi connectivity index (χ2v) is 5.78. The van der Waals surface area contributed by atoms with Gasteiger partial charge in [-0.05, 0) is 25.9 Å². The van der Waals surface area contributed by atoms with E-state index in [1.54, 1.807) is 12.1 Å². The van der Waals surface area contributed by atoms with Crippen LogP contribution >= 0.6 is 0 Å². The van der Waals surface area contributed by atoms with Crippen molar-refractivity contribution < 1.29 is 22.4 Å². The van der Waals surface area contributed by atoms with Crippen LogP contribution in [-0.2, 0) is 6.18 Å². The van der Waals surface area contributed by atoms with E-state index in [1.165, 1.54) is 0 Å². The van der Waals surface area contributed by atoms with Gasteiger partial charge in [-0.3, -0.25) is 9.69 Å². The first-order chi connectivity index (χ1) is 11.4. The number of carbonyl (C=O) groups excluding carboxylic acids is 1. The van der Waals surface area contributed by atoms with E-state index in [4.69, 9.17) is 4.42 Å². The van der Waals surface area contributed by atoms with E-state index in [-0.39, 0.29) is 17.6 Å². The number of Topliss-reactive ketones (excluding diaryl/α,β-unsaturated/α-hetero) is 1. The van der Waals surface area contributed by atoms with Crippen molar-refractivity contribution in [3.8, 4) is 0 Å². The third-order valence-electron chi connectivity index (χ3n) is 4.08. The number of rotatable bonds is 4. The molecule has 8 heteroatoms. The highest BCUT2D eigenvalue weighted by molar-refractivity contribution is 5.97. The van der Waals surface area contributed by atoms with Crippen LogP contribution in [0.15, 0.2) is 34.7 Å². The molecule has 1 aliphatic rings. The number of alkyl halides is 3. The molecule has 128 valence electrons. The van der Waals surface area contributed by atoms with Gasteiger partial charge >= 0.3 is 12.1 Å². The van der Waals surface area contributed by atoms with Crippen molar-refractivity contribution in [2.24, 2.45) is 0 Å². The molecule has 2 heterocycles. The number of nitrogens with zero attached hydrogens (tertiary/aromatic N) is 3. The molecule has 0 bridgehead atoms. The lowest BCUT2D eigenvalue weighted by Crippen LogP contribution is -2.36. The average molecular weight is 339 g/mol. The summed E-state index contributed by atoms with van der Waals surface area (Å²) in [6, 6.07) is 9.01. The predicted octanol–water partition coefficient (Wildman–Crippen LogP) is 3.15. The highest BCUT2D eigenvalue weighted by Crippen LogP contribution is 2.32. The Kier molecular flexibility index (Phi) is 4.66. The number of likely N-dealkylation sites (tertiary alicyclic amines) is 1. The van der Waals surface area contributed by atoms with Crippen molar-refractivity contribution in [3.05, 3.63) is 47.7 Å². The molecule has 1 saturated heterocycles. The van der Waals surface area contributed by atoms with Crippen molar-refractivity contribution in [1.82, 2.24) is 15.1 Å². The van der Waals surface area contributed by atoms with Gasteiger partial charge in [0, 0.05) is 11.5 Å². The van der Waals surface area contributed by atoms with Gasteiger partial charge < -0.3 is 4.42 Å². The van der Waals surface area contributed by atoms with Crippen LogP contribution in [0.2, 0.25) is 0 Å². The number of benzene rings is 1. The number of hydrogen-bond acceptors (Lipinski definition) is 5. The smallest absolute Gasteiger partial charge is 0.417 e. The maximum absolute atomic E-state index is 12.5. The first kappa shape index (κ1) is 16.6. The summed E-state index contributed by atoms with van der Waals surface area (Å²) >= 11 is 0. The molecule has 0 spiro atoms. The first-order valence-corrected chi connectivity index (χ1v) is 7.64. The summed E-state index contributed by atoms with van der Waals surface area (Å²) in [6.07, 6.45) is -3.45. The van der Waals surface area contributed by atoms with E-state index in [2.05, 4.69) is 10.2 Å². The zero-order valence-corrected chi connectivity index (χ0v) is 12.8. The minimum atomic E-state index is -4.62. The fraction of sp³-hybridized carbons (Fsp3) is 0.438. The molecule has 0 atom stereocenters. The van der Waals surface area contributed by atoms with Crippen LogP contribution in [0.3, 0.4) is 0 Å². The van der Waals surface area contributed by atoms with Crippen LogP contribution in [-0.4, -0.2) is 40.5 Å². The Labute approximate surface area is 136 Å². The van der Waals surface area contributed by atoms with E-state index in [9.17, 15) is 18.0 Å². The number of ketones is 1. The van der Waals surface area contributed by atoms with E-state index in [0.29, 0.717) is 38.0 Å². The van der Waals surface area contributed by atoms with Crippen LogP contribution in [0.25, 0.3) is 0 Å². The Balaban J connectivity index is 1.54. The van der Waals surface area contributed by atoms with Crippen molar-refractivity contribution in [1.29, 1.82) is 0 Å². The minimum absolute atomic E-state index is 0.0244. The number of hydrogen-bond donors (Lipinski definition) is 0. The molecule has 1 aromatic carbocycles. The summed E-state index contributed by atoms with van der Waals surface area (Å²) in [5, 5.41) is 6.58. The fourth-order valence-corrected chi connectivity index (χ4v) is 2.77. The molecule has 0 radical (unpaired) electrons. The topological polar surface area (TPSA) is 59.2 Å². The Bertz CT molecular complexity index is 692. The molecule has 0 unspecified atom stereocenters. The van der Waals surface area contributed by atoms with E-state index >= 15 is 0 Å². The van der Waals surface area contributed by atoms with Crippen LogP contribution in [0.4, 0.5) is 13.2 Å². The molecule has 3 rings (SSSR count). The van der Waals surface area contributed by atoms with Gasteiger partial charge in [0.25, 0.3) is 0 Å². The average Bonchev–Trinajstić information content (AvgIpc) is 3.07. The highest BCUT2D eigenvalue weighted by Gasteiger charge is 2.39. The third-order valence-corrected chi connectivity index (χ3v) is 4.08. The molecule has 0 amide bonds. The number of halogens is 3. The number of carbonyl (C=O) groups is 1. The lowest BCUT2D eigenvalue weighted by atomic mass is 9.96. The molecule has 0 N–H and O–H groups in total. The third kappa shape index (κ3) is 3.81. The molecule has 0 aliphatic carbocycles. The van der Waals surface area contributed by atoms with Gasteiger partial charge in [-0.15, -0.1) is 10.2 Å². The fourth-order valence-electron chi connectivity index (χ4n) is 2.77. The molecule has 1 aromatic heterocycles. The second kappa shape index (κ2) is 6.72. The maximum atomic E-state index is 12.5. The lowest BCUT2D eigenvalue weighted by Gasteiger charge is -2.29. The van der Waals surface area contributed by atoms with Gasteiger partial charge in [0.15, 0.2) is 5.78 Å². The van der Waals surface area contributed by atoms with Gasteiger partial charge in [-0.1, -0.05) is 30.3 Å². The van der Waals surface area contributed by atoms with Crippen molar-refractivity contribution in [2.75, 3.05) is 19.6 Å². The van der Waals surface area contributed by atoms with Crippen molar-refractivity contribution in [3.63, 3.8) is 0 Å². The zero-order chi connectivity index (χ0) is 17.2. The zero-order valence-electron chi connectivity index (χ0n) is 12.8. The van der Waals surface area contributed by atoms with Crippen molar-refractivity contribution >= 4 is 5.78 Å². The molecule has 24 heavy (non-hydrogen) atoms. The monoisotopic (exact) mass is 339 g/mol. The van der Waals surface area contributed by atoms with Gasteiger partial charge in [0.05, 0.1) is 6.54 Å². The number of piperidine rings is 1. The van der Waals surface area contributed by atoms with Gasteiger partial charge in [-0.2, -0.15) is 13.2 Å². The second-order valence-electron chi connectivity index (χ2n) is 5.78. The van der Waals surface area contributed by atoms with E-state index in [1.807, 2.05) is 23.1 Å². The van der Waals surface area contributed by atoms with Gasteiger partial charge in [0.2, 0.25) is 5.89 Å². The van der Waals surface area contributed by atoms with E-state index < -0.39 is 12.1 Å². The number of aromatic nitrogens is 2. The van der Waals surface area contributed by atoms with Crippen LogP contribution in [0.1, 0.15) is 40.9 Å². The first-order valence-electron chi connectivity index (χ1n) is 7.64.